The first kappa shape index (κ1) is 91.4. The van der Waals surface area contributed by atoms with Crippen LogP contribution in [-0.4, -0.2) is 186 Å². The molecule has 12 bridgehead atoms. The molecule has 10 aliphatic rings. The van der Waals surface area contributed by atoms with Crippen LogP contribution in [0.5, 0.6) is 115 Å². The summed E-state index contributed by atoms with van der Waals surface area (Å²) in [5, 5.41) is 0. The number of nitrogens with zero attached hydrogens (tertiary/aromatic N) is 4. The molecule has 28 heteroatoms. The summed E-state index contributed by atoms with van der Waals surface area (Å²) in [7, 11) is 11.0. The van der Waals surface area contributed by atoms with Crippen molar-refractivity contribution in [2.75, 3.05) is 150 Å². The average molecular weight is 1790 g/mol. The number of nitrogens with one attached hydrogen (secondary N) is 2. The van der Waals surface area contributed by atoms with Gasteiger partial charge in [-0.1, -0.05) is 64.1 Å². The van der Waals surface area contributed by atoms with Gasteiger partial charge in [-0.3, -0.25) is 19.6 Å². The molecular formula is C100H118N6O20S2. The van der Waals surface area contributed by atoms with Gasteiger partial charge in [0.15, 0.2) is 92.0 Å². The molecule has 26 nitrogen and oxygen atoms in total. The summed E-state index contributed by atoms with van der Waals surface area (Å²) in [4.78, 5) is 9.74. The Morgan fingerprint density at radius 2 is 0.672 bits per heavy atom. The molecule has 0 amide bonds. The molecule has 20 rings (SSSR count). The summed E-state index contributed by atoms with van der Waals surface area (Å²) in [6.45, 7) is 13.9. The quantitative estimate of drug-likeness (QED) is 0.0673. The Morgan fingerprint density at radius 3 is 1.05 bits per heavy atom. The topological polar surface area (TPSA) is 253 Å². The monoisotopic (exact) mass is 1790 g/mol. The number of ether oxygens (including phenoxy) is 16. The van der Waals surface area contributed by atoms with Crippen molar-refractivity contribution in [1.82, 2.24) is 29.0 Å². The lowest BCUT2D eigenvalue weighted by Gasteiger charge is -2.37. The van der Waals surface area contributed by atoms with E-state index in [1.165, 1.54) is 57.6 Å². The van der Waals surface area contributed by atoms with Crippen molar-refractivity contribution in [3.05, 3.63) is 224 Å². The number of hydrogen-bond acceptors (Lipinski definition) is 24. The third-order valence-electron chi connectivity index (χ3n) is 24.6. The predicted molar refractivity (Wildman–Crippen MR) is 490 cm³/mol. The minimum absolute atomic E-state index is 0.0976. The van der Waals surface area contributed by atoms with E-state index >= 15 is 0 Å². The number of methoxy groups -OCH3 is 6. The molecule has 0 unspecified atom stereocenters. The Morgan fingerprint density at radius 1 is 0.336 bits per heavy atom. The SMILES string of the molecule is CC.CC.COc1cc2c3cc1Oc1c(OC)c(OC)cc4c1[C@@H](Cc1ccc(OCCCNS(=O)(=O)c5ccc6c(c5)OCCO6)c(c1)Oc1ccc(cc1)C[C@@H]3N(C)CC2)N(C)CC4.COc1cc2c3cc1Oc1c(OC)c(OC)cc4c1[C@H](Cc1ccc(OCCCNS(=O)(=O)c5ccc6c(c5)OCCO6)c(c1)Oc1ccc(cc1)C[C@H]3N(C)CC2)N(C)CC4. The fraction of sp³-hybridized carbons (Fsp3) is 0.400. The molecule has 10 aliphatic heterocycles. The predicted octanol–water partition coefficient (Wildman–Crippen LogP) is 17.4. The Hall–Kier alpha value is -11.3. The molecule has 0 saturated carbocycles. The Bertz CT molecular complexity index is 5490. The third-order valence-corrected chi connectivity index (χ3v) is 27.6. The fourth-order valence-electron chi connectivity index (χ4n) is 17.9. The first-order valence-corrected chi connectivity index (χ1v) is 47.2. The number of fused-ring (bicyclic) bond motifs is 6. The van der Waals surface area contributed by atoms with E-state index in [4.69, 9.17) is 75.8 Å². The molecule has 0 spiro atoms. The van der Waals surface area contributed by atoms with Crippen LogP contribution in [0.1, 0.15) is 131 Å². The minimum atomic E-state index is -3.78. The van der Waals surface area contributed by atoms with Crippen molar-refractivity contribution in [3.8, 4) is 115 Å². The summed E-state index contributed by atoms with van der Waals surface area (Å²) in [5.74, 6) is 11.5. The molecule has 0 radical (unpaired) electrons. The lowest BCUT2D eigenvalue weighted by molar-refractivity contribution is 0.171. The molecule has 0 fully saturated rings. The molecule has 4 atom stereocenters. The van der Waals surface area contributed by atoms with E-state index in [0.29, 0.717) is 167 Å². The number of rotatable bonds is 20. The maximum absolute atomic E-state index is 13.1. The van der Waals surface area contributed by atoms with Gasteiger partial charge >= 0.3 is 0 Å². The van der Waals surface area contributed by atoms with Crippen LogP contribution in [-0.2, 0) is 71.4 Å². The van der Waals surface area contributed by atoms with E-state index in [1.807, 2.05) is 76.2 Å². The van der Waals surface area contributed by atoms with Crippen molar-refractivity contribution < 1.29 is 92.6 Å². The normalized spacial score (nSPS) is 17.9. The van der Waals surface area contributed by atoms with Crippen LogP contribution in [0, 0.1) is 0 Å². The van der Waals surface area contributed by atoms with E-state index in [-0.39, 0.29) is 60.3 Å². The number of hydrogen-bond donors (Lipinski definition) is 2. The second-order valence-electron chi connectivity index (χ2n) is 32.3. The highest BCUT2D eigenvalue weighted by Gasteiger charge is 2.39. The van der Waals surface area contributed by atoms with Crippen LogP contribution < -0.4 is 85.2 Å². The second-order valence-corrected chi connectivity index (χ2v) is 35.8. The molecule has 680 valence electrons. The highest BCUT2D eigenvalue weighted by molar-refractivity contribution is 7.89. The summed E-state index contributed by atoms with van der Waals surface area (Å²) in [6, 6.07) is 50.5. The molecule has 0 aliphatic carbocycles. The van der Waals surface area contributed by atoms with Gasteiger partial charge in [0.05, 0.1) is 65.7 Å². The minimum Gasteiger partial charge on any atom is -0.493 e. The summed E-state index contributed by atoms with van der Waals surface area (Å²) in [6.07, 6.45) is 7.05. The zero-order valence-electron chi connectivity index (χ0n) is 75.6. The van der Waals surface area contributed by atoms with Crippen LogP contribution in [0.2, 0.25) is 0 Å². The van der Waals surface area contributed by atoms with Gasteiger partial charge in [0.2, 0.25) is 31.5 Å². The maximum atomic E-state index is 13.1. The fourth-order valence-corrected chi connectivity index (χ4v) is 20.1. The molecule has 10 aromatic rings. The van der Waals surface area contributed by atoms with Crippen molar-refractivity contribution in [2.24, 2.45) is 0 Å². The van der Waals surface area contributed by atoms with E-state index in [0.717, 1.165) is 98.1 Å². The first-order chi connectivity index (χ1) is 62.2. The van der Waals surface area contributed by atoms with Crippen molar-refractivity contribution >= 4 is 20.0 Å². The highest BCUT2D eigenvalue weighted by Crippen LogP contribution is 2.55. The van der Waals surface area contributed by atoms with Gasteiger partial charge in [-0.15, -0.1) is 0 Å². The molecule has 0 saturated heterocycles. The van der Waals surface area contributed by atoms with Gasteiger partial charge in [-0.2, -0.15) is 0 Å². The number of sulfonamides is 2. The molecule has 10 heterocycles. The lowest BCUT2D eigenvalue weighted by Crippen LogP contribution is -2.34. The first-order valence-electron chi connectivity index (χ1n) is 44.2. The molecule has 2 N–H and O–H groups in total. The van der Waals surface area contributed by atoms with E-state index in [2.05, 4.69) is 130 Å². The molecular weight excluding hydrogens is 1670 g/mol. The van der Waals surface area contributed by atoms with Gasteiger partial charge in [-0.05, 0) is 257 Å². The highest BCUT2D eigenvalue weighted by atomic mass is 32.2. The van der Waals surface area contributed by atoms with Crippen molar-refractivity contribution in [1.29, 1.82) is 0 Å². The van der Waals surface area contributed by atoms with Gasteiger partial charge in [0, 0.05) is 86.7 Å². The van der Waals surface area contributed by atoms with Gasteiger partial charge in [0.1, 0.15) is 37.9 Å². The summed E-state index contributed by atoms with van der Waals surface area (Å²) in [5.41, 5.74) is 13.6. The average Bonchev–Trinajstić information content (AvgIpc) is 0.729. The second kappa shape index (κ2) is 41.0. The lowest BCUT2D eigenvalue weighted by atomic mass is 9.87. The molecule has 128 heavy (non-hydrogen) atoms. The van der Waals surface area contributed by atoms with Gasteiger partial charge < -0.3 is 75.8 Å². The third kappa shape index (κ3) is 19.9. The molecule has 0 aromatic heterocycles. The van der Waals surface area contributed by atoms with Crippen LogP contribution in [0.4, 0.5) is 0 Å². The maximum Gasteiger partial charge on any atom is 0.240 e. The van der Waals surface area contributed by atoms with Crippen LogP contribution in [0.3, 0.4) is 0 Å². The van der Waals surface area contributed by atoms with Crippen molar-refractivity contribution in [3.63, 3.8) is 0 Å². The standard InChI is InChI=1S/2C48H53N3O10S.2C2H6/c2*1-50-18-15-32-26-41(54-3)44-29-36(32)37(50)23-30-7-10-34(11-8-30)60-43-25-31(24-38-46-33(16-19-51(38)2)27-45(55-4)47(56-5)48(46)61-44)9-13-40(43)57-20-6-17-49-62(52,53)35-12-14-39-42(28-35)59-22-21-58-39;2*1-2/h2*7-14,25-29,37-38,49H,6,15-24H2,1-5H3;2*1-2H3/t2*37-,38+;;/m10../s1. The zero-order valence-corrected chi connectivity index (χ0v) is 77.3. The number of benzene rings is 10. The summed E-state index contributed by atoms with van der Waals surface area (Å²) < 4.78 is 156. The van der Waals surface area contributed by atoms with Gasteiger partial charge in [-0.25, -0.2) is 26.3 Å². The van der Waals surface area contributed by atoms with Gasteiger partial charge in [0.25, 0.3) is 0 Å². The van der Waals surface area contributed by atoms with Crippen LogP contribution >= 0.6 is 0 Å². The van der Waals surface area contributed by atoms with E-state index in [1.54, 1.807) is 54.8 Å². The zero-order chi connectivity index (χ0) is 89.9. The number of likely N-dealkylation sites (N-methyl/N-ethyl adjacent to an activating group) is 4. The Kier molecular flexibility index (Phi) is 29.3. The van der Waals surface area contributed by atoms with Crippen molar-refractivity contribution in [2.45, 2.75) is 126 Å². The van der Waals surface area contributed by atoms with Crippen LogP contribution in [0.15, 0.2) is 168 Å². The van der Waals surface area contributed by atoms with Crippen LogP contribution in [0.25, 0.3) is 0 Å². The molecule has 10 aromatic carbocycles. The van der Waals surface area contributed by atoms with E-state index < -0.39 is 20.0 Å². The summed E-state index contributed by atoms with van der Waals surface area (Å²) >= 11 is 0. The Balaban J connectivity index is 0.000000190. The van der Waals surface area contributed by atoms with E-state index in [9.17, 15) is 16.8 Å². The Labute approximate surface area is 752 Å². The smallest absolute Gasteiger partial charge is 0.240 e. The largest absolute Gasteiger partial charge is 0.493 e.